The smallest absolute Gasteiger partial charge is 0.317 e. The Morgan fingerprint density at radius 1 is 1.08 bits per heavy atom. The van der Waals surface area contributed by atoms with Crippen molar-refractivity contribution in [2.75, 3.05) is 38.0 Å². The van der Waals surface area contributed by atoms with Crippen molar-refractivity contribution in [2.24, 2.45) is 0 Å². The molecule has 1 aliphatic carbocycles. The Labute approximate surface area is 155 Å². The lowest BCUT2D eigenvalue weighted by Crippen LogP contribution is -2.54. The van der Waals surface area contributed by atoms with Crippen LogP contribution in [0.25, 0.3) is 0 Å². The van der Waals surface area contributed by atoms with Gasteiger partial charge in [0.25, 0.3) is 0 Å². The number of amides is 3. The molecule has 6 heteroatoms. The number of hydrogen-bond donors (Lipinski definition) is 2. The molecule has 1 saturated carbocycles. The van der Waals surface area contributed by atoms with E-state index in [2.05, 4.69) is 22.5 Å². The molecule has 3 rings (SSSR count). The topological polar surface area (TPSA) is 64.7 Å². The predicted octanol–water partition coefficient (Wildman–Crippen LogP) is 2.46. The minimum absolute atomic E-state index is 0.00903. The quantitative estimate of drug-likeness (QED) is 0.850. The molecule has 0 radical (unpaired) electrons. The summed E-state index contributed by atoms with van der Waals surface area (Å²) in [6, 6.07) is 8.32. The molecule has 1 aliphatic heterocycles. The zero-order valence-corrected chi connectivity index (χ0v) is 15.7. The summed E-state index contributed by atoms with van der Waals surface area (Å²) in [4.78, 5) is 28.6. The number of anilines is 1. The van der Waals surface area contributed by atoms with Crippen molar-refractivity contribution < 1.29 is 9.59 Å². The molecule has 142 valence electrons. The lowest BCUT2D eigenvalue weighted by Gasteiger charge is -2.34. The van der Waals surface area contributed by atoms with Gasteiger partial charge in [0.05, 0.1) is 6.54 Å². The summed E-state index contributed by atoms with van der Waals surface area (Å²) >= 11 is 0. The molecule has 0 unspecified atom stereocenters. The lowest BCUT2D eigenvalue weighted by molar-refractivity contribution is -0.117. The zero-order valence-electron chi connectivity index (χ0n) is 15.7. The largest absolute Gasteiger partial charge is 0.335 e. The molecule has 0 spiro atoms. The molecule has 3 amide bonds. The molecule has 0 aromatic heterocycles. The molecule has 2 fully saturated rings. The van der Waals surface area contributed by atoms with Crippen LogP contribution in [-0.2, 0) is 11.2 Å². The number of urea groups is 1. The number of benzene rings is 1. The van der Waals surface area contributed by atoms with Gasteiger partial charge in [0.1, 0.15) is 0 Å². The van der Waals surface area contributed by atoms with Gasteiger partial charge < -0.3 is 15.5 Å². The predicted molar refractivity (Wildman–Crippen MR) is 103 cm³/mol. The summed E-state index contributed by atoms with van der Waals surface area (Å²) in [5.41, 5.74) is 2.05. The Morgan fingerprint density at radius 3 is 2.46 bits per heavy atom. The van der Waals surface area contributed by atoms with Crippen LogP contribution in [0, 0.1) is 0 Å². The fraction of sp³-hybridized carbons (Fsp3) is 0.600. The molecule has 6 nitrogen and oxygen atoms in total. The Hall–Kier alpha value is -2.08. The maximum atomic E-state index is 12.3. The van der Waals surface area contributed by atoms with Crippen molar-refractivity contribution in [1.29, 1.82) is 0 Å². The summed E-state index contributed by atoms with van der Waals surface area (Å²) in [6.45, 7) is 5.29. The van der Waals surface area contributed by atoms with Crippen molar-refractivity contribution in [3.05, 3.63) is 29.8 Å². The molecule has 26 heavy (non-hydrogen) atoms. The van der Waals surface area contributed by atoms with Crippen LogP contribution in [0.2, 0.25) is 0 Å². The highest BCUT2D eigenvalue weighted by atomic mass is 16.2. The van der Waals surface area contributed by atoms with E-state index in [-0.39, 0.29) is 11.9 Å². The van der Waals surface area contributed by atoms with Crippen LogP contribution in [-0.4, -0.2) is 60.5 Å². The van der Waals surface area contributed by atoms with Gasteiger partial charge in [-0.1, -0.05) is 38.0 Å². The van der Waals surface area contributed by atoms with Gasteiger partial charge >= 0.3 is 6.03 Å². The molecular formula is C20H30N4O2. The summed E-state index contributed by atoms with van der Waals surface area (Å²) in [5, 5.41) is 6.16. The monoisotopic (exact) mass is 358 g/mol. The van der Waals surface area contributed by atoms with E-state index >= 15 is 0 Å². The third-order valence-electron chi connectivity index (χ3n) is 5.38. The van der Waals surface area contributed by atoms with E-state index in [1.807, 2.05) is 29.2 Å². The number of hydrogen-bond acceptors (Lipinski definition) is 3. The van der Waals surface area contributed by atoms with Gasteiger partial charge in [-0.2, -0.15) is 0 Å². The first-order valence-corrected chi connectivity index (χ1v) is 9.81. The molecule has 1 heterocycles. The van der Waals surface area contributed by atoms with Crippen molar-refractivity contribution in [3.63, 3.8) is 0 Å². The molecule has 0 bridgehead atoms. The molecular weight excluding hydrogens is 328 g/mol. The summed E-state index contributed by atoms with van der Waals surface area (Å²) in [7, 11) is 0. The summed E-state index contributed by atoms with van der Waals surface area (Å²) in [6.07, 6.45) is 5.53. The number of para-hydroxylation sites is 1. The third-order valence-corrected chi connectivity index (χ3v) is 5.38. The maximum absolute atomic E-state index is 12.3. The van der Waals surface area contributed by atoms with E-state index in [1.165, 1.54) is 12.8 Å². The number of rotatable bonds is 5. The Kier molecular flexibility index (Phi) is 6.50. The van der Waals surface area contributed by atoms with Crippen LogP contribution in [0.4, 0.5) is 10.5 Å². The normalized spacial score (nSPS) is 18.7. The van der Waals surface area contributed by atoms with Gasteiger partial charge in [-0.05, 0) is 30.9 Å². The minimum atomic E-state index is 0.00903. The molecule has 1 saturated heterocycles. The number of nitrogens with one attached hydrogen (secondary N) is 2. The van der Waals surface area contributed by atoms with Crippen LogP contribution in [0.1, 0.15) is 38.2 Å². The van der Waals surface area contributed by atoms with Crippen molar-refractivity contribution in [3.8, 4) is 0 Å². The summed E-state index contributed by atoms with van der Waals surface area (Å²) < 4.78 is 0. The van der Waals surface area contributed by atoms with Gasteiger partial charge in [0.15, 0.2) is 0 Å². The van der Waals surface area contributed by atoms with Crippen LogP contribution in [0.3, 0.4) is 0 Å². The SMILES string of the molecule is CCc1ccccc1NC(=O)CN1CCN(C(=O)NC2CCCC2)CC1. The van der Waals surface area contributed by atoms with Gasteiger partial charge in [-0.25, -0.2) is 4.79 Å². The standard InChI is InChI=1S/C20H30N4O2/c1-2-16-7-3-6-10-18(16)22-19(25)15-23-11-13-24(14-12-23)20(26)21-17-8-4-5-9-17/h3,6-7,10,17H,2,4-5,8-9,11-15H2,1H3,(H,21,26)(H,22,25). The van der Waals surface area contributed by atoms with E-state index in [9.17, 15) is 9.59 Å². The van der Waals surface area contributed by atoms with Gasteiger partial charge in [0.2, 0.25) is 5.91 Å². The van der Waals surface area contributed by atoms with Crippen molar-refractivity contribution >= 4 is 17.6 Å². The Morgan fingerprint density at radius 2 is 1.77 bits per heavy atom. The number of carbonyl (C=O) groups excluding carboxylic acids is 2. The highest BCUT2D eigenvalue weighted by Crippen LogP contribution is 2.18. The fourth-order valence-corrected chi connectivity index (χ4v) is 3.79. The summed E-state index contributed by atoms with van der Waals surface area (Å²) in [5.74, 6) is 0.00903. The fourth-order valence-electron chi connectivity index (χ4n) is 3.79. The Bertz CT molecular complexity index is 620. The lowest BCUT2D eigenvalue weighted by atomic mass is 10.1. The molecule has 1 aromatic rings. The second-order valence-electron chi connectivity index (χ2n) is 7.25. The second kappa shape index (κ2) is 9.03. The van der Waals surface area contributed by atoms with E-state index in [4.69, 9.17) is 0 Å². The van der Waals surface area contributed by atoms with E-state index < -0.39 is 0 Å². The molecule has 2 aliphatic rings. The van der Waals surface area contributed by atoms with E-state index in [0.717, 1.165) is 43.6 Å². The first kappa shape index (κ1) is 18.7. The highest BCUT2D eigenvalue weighted by Gasteiger charge is 2.25. The molecule has 1 aromatic carbocycles. The van der Waals surface area contributed by atoms with E-state index in [1.54, 1.807) is 0 Å². The average molecular weight is 358 g/mol. The zero-order chi connectivity index (χ0) is 18.4. The van der Waals surface area contributed by atoms with Crippen LogP contribution in [0.15, 0.2) is 24.3 Å². The number of nitrogens with zero attached hydrogens (tertiary/aromatic N) is 2. The van der Waals surface area contributed by atoms with Gasteiger partial charge in [0, 0.05) is 37.9 Å². The van der Waals surface area contributed by atoms with Crippen molar-refractivity contribution in [1.82, 2.24) is 15.1 Å². The first-order chi connectivity index (χ1) is 12.7. The number of piperazine rings is 1. The van der Waals surface area contributed by atoms with Gasteiger partial charge in [-0.3, -0.25) is 9.69 Å². The minimum Gasteiger partial charge on any atom is -0.335 e. The van der Waals surface area contributed by atoms with Crippen LogP contribution in [0.5, 0.6) is 0 Å². The molecule has 0 atom stereocenters. The molecule has 2 N–H and O–H groups in total. The Balaban J connectivity index is 1.41. The number of carbonyl (C=O) groups is 2. The maximum Gasteiger partial charge on any atom is 0.317 e. The van der Waals surface area contributed by atoms with Crippen molar-refractivity contribution in [2.45, 2.75) is 45.1 Å². The highest BCUT2D eigenvalue weighted by molar-refractivity contribution is 5.93. The van der Waals surface area contributed by atoms with Gasteiger partial charge in [-0.15, -0.1) is 0 Å². The van der Waals surface area contributed by atoms with Crippen LogP contribution < -0.4 is 10.6 Å². The third kappa shape index (κ3) is 4.97. The second-order valence-corrected chi connectivity index (χ2v) is 7.25. The number of aryl methyl sites for hydroxylation is 1. The average Bonchev–Trinajstić information content (AvgIpc) is 3.15. The van der Waals surface area contributed by atoms with Crippen LogP contribution >= 0.6 is 0 Å². The van der Waals surface area contributed by atoms with E-state index in [0.29, 0.717) is 25.7 Å². The first-order valence-electron chi connectivity index (χ1n) is 9.81.